The van der Waals surface area contributed by atoms with Crippen molar-refractivity contribution in [1.29, 1.82) is 0 Å². The van der Waals surface area contributed by atoms with Gasteiger partial charge in [-0.15, -0.1) is 11.6 Å². The number of hydrogen-bond acceptors (Lipinski definition) is 0. The van der Waals surface area contributed by atoms with Crippen molar-refractivity contribution < 1.29 is 0 Å². The van der Waals surface area contributed by atoms with Crippen LogP contribution in [0.1, 0.15) is 50.5 Å². The van der Waals surface area contributed by atoms with Crippen LogP contribution in [-0.2, 0) is 6.42 Å². The van der Waals surface area contributed by atoms with Gasteiger partial charge in [-0.25, -0.2) is 0 Å². The van der Waals surface area contributed by atoms with Crippen LogP contribution in [0.4, 0.5) is 0 Å². The van der Waals surface area contributed by atoms with Crippen molar-refractivity contribution in [1.82, 2.24) is 0 Å². The minimum atomic E-state index is 0.467. The second kappa shape index (κ2) is 6.44. The molecule has 0 heterocycles. The molecule has 0 amide bonds. The van der Waals surface area contributed by atoms with E-state index in [1.54, 1.807) is 0 Å². The van der Waals surface area contributed by atoms with E-state index in [4.69, 9.17) is 11.6 Å². The van der Waals surface area contributed by atoms with Crippen LogP contribution in [0.3, 0.4) is 0 Å². The van der Waals surface area contributed by atoms with Gasteiger partial charge in [0, 0.05) is 5.88 Å². The van der Waals surface area contributed by atoms with Crippen molar-refractivity contribution in [3.05, 3.63) is 35.9 Å². The van der Waals surface area contributed by atoms with Crippen LogP contribution in [0.5, 0.6) is 0 Å². The fraction of sp³-hybridized carbons (Fsp3) is 0.625. The Bertz CT molecular complexity index is 312. The zero-order valence-corrected chi connectivity index (χ0v) is 11.4. The Kier molecular flexibility index (Phi) is 4.91. The van der Waals surface area contributed by atoms with Crippen molar-refractivity contribution in [2.75, 3.05) is 5.88 Å². The summed E-state index contributed by atoms with van der Waals surface area (Å²) in [6.07, 6.45) is 10.7. The number of benzene rings is 1. The first kappa shape index (κ1) is 13.0. The maximum Gasteiger partial charge on any atom is 0.0280 e. The summed E-state index contributed by atoms with van der Waals surface area (Å²) in [6.45, 7) is 0. The molecule has 0 unspecified atom stereocenters. The predicted molar refractivity (Wildman–Crippen MR) is 75.6 cm³/mol. The zero-order chi connectivity index (χ0) is 12.0. The third kappa shape index (κ3) is 3.74. The molecule has 0 radical (unpaired) electrons. The van der Waals surface area contributed by atoms with Gasteiger partial charge < -0.3 is 0 Å². The van der Waals surface area contributed by atoms with Crippen LogP contribution in [0, 0.1) is 5.41 Å². The average molecular weight is 251 g/mol. The SMILES string of the molecule is ClCC1(CCCc2ccccc2)CCCCC1. The molecule has 94 valence electrons. The van der Waals surface area contributed by atoms with Gasteiger partial charge in [-0.1, -0.05) is 49.6 Å². The fourth-order valence-electron chi connectivity index (χ4n) is 3.06. The number of halogens is 1. The van der Waals surface area contributed by atoms with Crippen LogP contribution in [0.2, 0.25) is 0 Å². The molecule has 0 atom stereocenters. The summed E-state index contributed by atoms with van der Waals surface area (Å²) in [5.74, 6) is 0.863. The summed E-state index contributed by atoms with van der Waals surface area (Å²) >= 11 is 6.22. The lowest BCUT2D eigenvalue weighted by Gasteiger charge is -2.35. The molecule has 0 N–H and O–H groups in total. The van der Waals surface area contributed by atoms with Gasteiger partial charge in [0.25, 0.3) is 0 Å². The van der Waals surface area contributed by atoms with Gasteiger partial charge in [0.1, 0.15) is 0 Å². The van der Waals surface area contributed by atoms with Crippen molar-refractivity contribution >= 4 is 11.6 Å². The third-order valence-electron chi connectivity index (χ3n) is 4.21. The third-order valence-corrected chi connectivity index (χ3v) is 4.78. The highest BCUT2D eigenvalue weighted by Gasteiger charge is 2.30. The first-order valence-electron chi connectivity index (χ1n) is 6.95. The first-order valence-corrected chi connectivity index (χ1v) is 7.48. The molecule has 0 aliphatic heterocycles. The molecule has 1 saturated carbocycles. The van der Waals surface area contributed by atoms with Crippen LogP contribution in [-0.4, -0.2) is 5.88 Å². The van der Waals surface area contributed by atoms with E-state index >= 15 is 0 Å². The summed E-state index contributed by atoms with van der Waals surface area (Å²) in [4.78, 5) is 0. The highest BCUT2D eigenvalue weighted by molar-refractivity contribution is 6.18. The van der Waals surface area contributed by atoms with Gasteiger partial charge >= 0.3 is 0 Å². The van der Waals surface area contributed by atoms with E-state index in [0.29, 0.717) is 5.41 Å². The van der Waals surface area contributed by atoms with Crippen LogP contribution in [0.15, 0.2) is 30.3 Å². The molecule has 0 spiro atoms. The predicted octanol–water partition coefficient (Wildman–Crippen LogP) is 5.20. The van der Waals surface area contributed by atoms with Gasteiger partial charge in [-0.3, -0.25) is 0 Å². The quantitative estimate of drug-likeness (QED) is 0.630. The topological polar surface area (TPSA) is 0 Å². The van der Waals surface area contributed by atoms with Crippen molar-refractivity contribution in [2.24, 2.45) is 5.41 Å². The number of alkyl halides is 1. The Labute approximate surface area is 110 Å². The molecular formula is C16H23Cl. The molecular weight excluding hydrogens is 228 g/mol. The highest BCUT2D eigenvalue weighted by Crippen LogP contribution is 2.41. The second-order valence-corrected chi connectivity index (χ2v) is 5.80. The first-order chi connectivity index (χ1) is 8.35. The number of hydrogen-bond donors (Lipinski definition) is 0. The normalized spacial score (nSPS) is 19.1. The molecule has 0 aromatic heterocycles. The largest absolute Gasteiger partial charge is 0.126 e. The Hall–Kier alpha value is -0.490. The van der Waals surface area contributed by atoms with Gasteiger partial charge in [-0.05, 0) is 43.1 Å². The fourth-order valence-corrected chi connectivity index (χ4v) is 3.47. The molecule has 1 fully saturated rings. The van der Waals surface area contributed by atoms with Crippen LogP contribution >= 0.6 is 11.6 Å². The molecule has 1 heteroatoms. The number of rotatable bonds is 5. The summed E-state index contributed by atoms with van der Waals surface area (Å²) in [6, 6.07) is 10.8. The van der Waals surface area contributed by atoms with Gasteiger partial charge in [0.2, 0.25) is 0 Å². The molecule has 1 aromatic carbocycles. The lowest BCUT2D eigenvalue weighted by atomic mass is 9.72. The Morgan fingerprint density at radius 2 is 1.71 bits per heavy atom. The van der Waals surface area contributed by atoms with Gasteiger partial charge in [0.15, 0.2) is 0 Å². The van der Waals surface area contributed by atoms with Crippen molar-refractivity contribution in [2.45, 2.75) is 51.4 Å². The van der Waals surface area contributed by atoms with Gasteiger partial charge in [0.05, 0.1) is 0 Å². The van der Waals surface area contributed by atoms with E-state index in [9.17, 15) is 0 Å². The zero-order valence-electron chi connectivity index (χ0n) is 10.6. The lowest BCUT2D eigenvalue weighted by Crippen LogP contribution is -2.26. The molecule has 0 saturated heterocycles. The van der Waals surface area contributed by atoms with E-state index in [1.165, 1.54) is 56.9 Å². The van der Waals surface area contributed by atoms with Gasteiger partial charge in [-0.2, -0.15) is 0 Å². The van der Waals surface area contributed by atoms with E-state index < -0.39 is 0 Å². The summed E-state index contributed by atoms with van der Waals surface area (Å²) < 4.78 is 0. The second-order valence-electron chi connectivity index (χ2n) is 5.53. The lowest BCUT2D eigenvalue weighted by molar-refractivity contribution is 0.199. The molecule has 0 nitrogen and oxygen atoms in total. The smallest absolute Gasteiger partial charge is 0.0280 e. The molecule has 2 rings (SSSR count). The highest BCUT2D eigenvalue weighted by atomic mass is 35.5. The summed E-state index contributed by atoms with van der Waals surface area (Å²) in [5.41, 5.74) is 1.93. The Morgan fingerprint density at radius 3 is 2.35 bits per heavy atom. The van der Waals surface area contributed by atoms with E-state index in [0.717, 1.165) is 5.88 Å². The Balaban J connectivity index is 1.80. The average Bonchev–Trinajstić information content (AvgIpc) is 2.41. The Morgan fingerprint density at radius 1 is 1.00 bits per heavy atom. The summed E-state index contributed by atoms with van der Waals surface area (Å²) in [7, 11) is 0. The molecule has 1 aliphatic carbocycles. The molecule has 0 bridgehead atoms. The van der Waals surface area contributed by atoms with Crippen LogP contribution < -0.4 is 0 Å². The van der Waals surface area contributed by atoms with E-state index in [2.05, 4.69) is 30.3 Å². The van der Waals surface area contributed by atoms with Crippen LogP contribution in [0.25, 0.3) is 0 Å². The van der Waals surface area contributed by atoms with E-state index in [-0.39, 0.29) is 0 Å². The maximum absolute atomic E-state index is 6.22. The summed E-state index contributed by atoms with van der Waals surface area (Å²) in [5, 5.41) is 0. The maximum atomic E-state index is 6.22. The standard InChI is InChI=1S/C16H23Cl/c17-14-16(11-5-2-6-12-16)13-7-10-15-8-3-1-4-9-15/h1,3-4,8-9H,2,5-7,10-14H2. The molecule has 1 aromatic rings. The minimum Gasteiger partial charge on any atom is -0.126 e. The monoisotopic (exact) mass is 250 g/mol. The van der Waals surface area contributed by atoms with Crippen molar-refractivity contribution in [3.63, 3.8) is 0 Å². The molecule has 1 aliphatic rings. The minimum absolute atomic E-state index is 0.467. The number of aryl methyl sites for hydroxylation is 1. The van der Waals surface area contributed by atoms with E-state index in [1.807, 2.05) is 0 Å². The molecule has 17 heavy (non-hydrogen) atoms. The van der Waals surface area contributed by atoms with Crippen molar-refractivity contribution in [3.8, 4) is 0 Å².